The fourth-order valence-corrected chi connectivity index (χ4v) is 2.58. The third-order valence-corrected chi connectivity index (χ3v) is 3.92. The first-order valence-electron chi connectivity index (χ1n) is 6.87. The molecule has 1 aliphatic carbocycles. The van der Waals surface area contributed by atoms with Gasteiger partial charge in [0.15, 0.2) is 5.65 Å². The van der Waals surface area contributed by atoms with Crippen molar-refractivity contribution in [3.63, 3.8) is 0 Å². The van der Waals surface area contributed by atoms with Gasteiger partial charge in [0.25, 0.3) is 0 Å². The second kappa shape index (κ2) is 5.15. The van der Waals surface area contributed by atoms with Crippen LogP contribution in [0, 0.1) is 6.92 Å². The first kappa shape index (κ1) is 14.1. The smallest absolute Gasteiger partial charge is 0.156 e. The van der Waals surface area contributed by atoms with Gasteiger partial charge in [-0.1, -0.05) is 0 Å². The number of phenolic OH excluding ortho intramolecular Hbond substituents is 1. The van der Waals surface area contributed by atoms with Gasteiger partial charge < -0.3 is 10.1 Å². The third-order valence-electron chi connectivity index (χ3n) is 3.92. The molecule has 0 saturated heterocycles. The summed E-state index contributed by atoms with van der Waals surface area (Å²) in [6.07, 6.45) is 4.35. The fourth-order valence-electron chi connectivity index (χ4n) is 2.58. The van der Waals surface area contributed by atoms with E-state index in [1.54, 1.807) is 12.1 Å². The molecular weight excluding hydrogens is 330 g/mol. The van der Waals surface area contributed by atoms with Gasteiger partial charge in [0, 0.05) is 11.5 Å². The van der Waals surface area contributed by atoms with E-state index in [-0.39, 0.29) is 22.7 Å². The Labute approximate surface area is 133 Å². The summed E-state index contributed by atoms with van der Waals surface area (Å²) < 4.78 is 0. The maximum atomic E-state index is 9.38. The van der Waals surface area contributed by atoms with Crippen molar-refractivity contribution in [2.75, 3.05) is 0 Å². The highest BCUT2D eigenvalue weighted by Gasteiger charge is 2.26. The van der Waals surface area contributed by atoms with Crippen LogP contribution in [0.1, 0.15) is 30.0 Å². The molecule has 5 heteroatoms. The fraction of sp³-hybridized carbons (Fsp3) is 0.250. The molecule has 0 radical (unpaired) electrons. The van der Waals surface area contributed by atoms with Gasteiger partial charge in [-0.2, -0.15) is 0 Å². The van der Waals surface area contributed by atoms with Crippen molar-refractivity contribution in [1.82, 2.24) is 15.0 Å². The Hall–Kier alpha value is -1.88. The zero-order valence-corrected chi connectivity index (χ0v) is 13.3. The van der Waals surface area contributed by atoms with E-state index in [1.165, 1.54) is 12.8 Å². The molecule has 1 saturated carbocycles. The van der Waals surface area contributed by atoms with E-state index in [4.69, 9.17) is 4.98 Å². The van der Waals surface area contributed by atoms with Gasteiger partial charge in [0.05, 0.1) is 17.6 Å². The molecule has 0 spiro atoms. The highest BCUT2D eigenvalue weighted by Crippen LogP contribution is 2.39. The quantitative estimate of drug-likeness (QED) is 0.735. The number of nitrogens with one attached hydrogen (secondary N) is 1. The predicted octanol–water partition coefficient (Wildman–Crippen LogP) is 4.09. The molecule has 108 valence electrons. The van der Waals surface area contributed by atoms with Crippen LogP contribution in [0.5, 0.6) is 5.75 Å². The summed E-state index contributed by atoms with van der Waals surface area (Å²) in [7, 11) is 0. The lowest BCUT2D eigenvalue weighted by atomic mass is 10.1. The third kappa shape index (κ3) is 2.42. The second-order valence-corrected chi connectivity index (χ2v) is 5.44. The molecule has 4 nitrogen and oxygen atoms in total. The number of rotatable bonds is 2. The number of fused-ring (bicyclic) bond motifs is 1. The summed E-state index contributed by atoms with van der Waals surface area (Å²) in [5.41, 5.74) is 6.06. The molecular formula is C16H16BrN3O. The molecule has 2 heterocycles. The Morgan fingerprint density at radius 1 is 1.19 bits per heavy atom. The predicted molar refractivity (Wildman–Crippen MR) is 88.0 cm³/mol. The van der Waals surface area contributed by atoms with E-state index in [1.807, 2.05) is 18.3 Å². The molecule has 3 aromatic rings. The van der Waals surface area contributed by atoms with Crippen molar-refractivity contribution in [2.24, 2.45) is 0 Å². The van der Waals surface area contributed by atoms with Crippen molar-refractivity contribution >= 4 is 28.1 Å². The van der Waals surface area contributed by atoms with E-state index in [0.717, 1.165) is 33.7 Å². The molecule has 0 atom stereocenters. The number of aromatic nitrogens is 3. The molecule has 2 aromatic heterocycles. The van der Waals surface area contributed by atoms with Crippen LogP contribution in [-0.4, -0.2) is 20.1 Å². The molecule has 0 aliphatic heterocycles. The lowest BCUT2D eigenvalue weighted by Crippen LogP contribution is -1.89. The second-order valence-electron chi connectivity index (χ2n) is 5.44. The number of halogens is 1. The van der Waals surface area contributed by atoms with Crippen LogP contribution in [0.25, 0.3) is 22.4 Å². The number of aryl methyl sites for hydroxylation is 1. The largest absolute Gasteiger partial charge is 0.508 e. The van der Waals surface area contributed by atoms with Crippen LogP contribution in [0.4, 0.5) is 0 Å². The van der Waals surface area contributed by atoms with Crippen LogP contribution >= 0.6 is 17.0 Å². The number of H-pyrrole nitrogens is 1. The van der Waals surface area contributed by atoms with Crippen molar-refractivity contribution in [2.45, 2.75) is 25.7 Å². The standard InChI is InChI=1S/C16H15N3O.BrH/c1-9-14(11-4-6-12(20)7-5-11)19-16-15(9)18-13(8-17-16)10-2-3-10;/h4-8,10,20H,2-3H2,1H3,(H,17,19);1H. The molecule has 21 heavy (non-hydrogen) atoms. The van der Waals surface area contributed by atoms with Crippen molar-refractivity contribution in [3.05, 3.63) is 41.7 Å². The van der Waals surface area contributed by atoms with E-state index >= 15 is 0 Å². The van der Waals surface area contributed by atoms with Gasteiger partial charge in [-0.15, -0.1) is 17.0 Å². The molecule has 0 unspecified atom stereocenters. The monoisotopic (exact) mass is 345 g/mol. The lowest BCUT2D eigenvalue weighted by Gasteiger charge is -2.00. The number of nitrogens with zero attached hydrogens (tertiary/aromatic N) is 2. The van der Waals surface area contributed by atoms with Gasteiger partial charge in [-0.25, -0.2) is 9.97 Å². The number of hydrogen-bond acceptors (Lipinski definition) is 3. The van der Waals surface area contributed by atoms with Gasteiger partial charge in [-0.05, 0) is 49.6 Å². The maximum absolute atomic E-state index is 9.38. The van der Waals surface area contributed by atoms with Crippen molar-refractivity contribution in [3.8, 4) is 17.0 Å². The molecule has 0 amide bonds. The molecule has 1 aromatic carbocycles. The van der Waals surface area contributed by atoms with E-state index in [0.29, 0.717) is 5.92 Å². The zero-order chi connectivity index (χ0) is 13.7. The van der Waals surface area contributed by atoms with Crippen LogP contribution in [0.3, 0.4) is 0 Å². The highest BCUT2D eigenvalue weighted by molar-refractivity contribution is 8.93. The maximum Gasteiger partial charge on any atom is 0.156 e. The summed E-state index contributed by atoms with van der Waals surface area (Å²) in [4.78, 5) is 12.6. The number of aromatic amines is 1. The summed E-state index contributed by atoms with van der Waals surface area (Å²) in [5.74, 6) is 0.883. The van der Waals surface area contributed by atoms with Crippen LogP contribution in [0.15, 0.2) is 30.5 Å². The Kier molecular flexibility index (Phi) is 3.45. The average molecular weight is 346 g/mol. The number of benzene rings is 1. The van der Waals surface area contributed by atoms with E-state index < -0.39 is 0 Å². The summed E-state index contributed by atoms with van der Waals surface area (Å²) in [6.45, 7) is 2.06. The van der Waals surface area contributed by atoms with Crippen molar-refractivity contribution < 1.29 is 5.11 Å². The Bertz CT molecular complexity index is 791. The minimum atomic E-state index is 0. The summed E-state index contributed by atoms with van der Waals surface area (Å²) in [5, 5.41) is 9.38. The number of aromatic hydroxyl groups is 1. The Morgan fingerprint density at radius 3 is 2.57 bits per heavy atom. The lowest BCUT2D eigenvalue weighted by molar-refractivity contribution is 0.475. The van der Waals surface area contributed by atoms with E-state index in [2.05, 4.69) is 16.9 Å². The SMILES string of the molecule is Br.Cc1c(-c2ccc(O)cc2)[nH]c2ncc(C3CC3)nc12. The first-order chi connectivity index (χ1) is 9.72. The molecule has 2 N–H and O–H groups in total. The van der Waals surface area contributed by atoms with Crippen LogP contribution < -0.4 is 0 Å². The number of phenols is 1. The molecule has 1 fully saturated rings. The highest BCUT2D eigenvalue weighted by atomic mass is 79.9. The van der Waals surface area contributed by atoms with Gasteiger partial charge in [0.2, 0.25) is 0 Å². The summed E-state index contributed by atoms with van der Waals surface area (Å²) >= 11 is 0. The Morgan fingerprint density at radius 2 is 1.90 bits per heavy atom. The average Bonchev–Trinajstić information content (AvgIpc) is 3.26. The van der Waals surface area contributed by atoms with Gasteiger partial charge >= 0.3 is 0 Å². The summed E-state index contributed by atoms with van der Waals surface area (Å²) in [6, 6.07) is 7.18. The minimum Gasteiger partial charge on any atom is -0.508 e. The van der Waals surface area contributed by atoms with Crippen molar-refractivity contribution in [1.29, 1.82) is 0 Å². The zero-order valence-electron chi connectivity index (χ0n) is 11.6. The van der Waals surface area contributed by atoms with Crippen LogP contribution in [-0.2, 0) is 0 Å². The minimum absolute atomic E-state index is 0. The Balaban J connectivity index is 0.00000132. The molecule has 0 bridgehead atoms. The van der Waals surface area contributed by atoms with Gasteiger partial charge in [-0.3, -0.25) is 0 Å². The normalized spacial score (nSPS) is 14.1. The molecule has 1 aliphatic rings. The molecule has 4 rings (SSSR count). The van der Waals surface area contributed by atoms with Crippen LogP contribution in [0.2, 0.25) is 0 Å². The first-order valence-corrected chi connectivity index (χ1v) is 6.87. The number of hydrogen-bond donors (Lipinski definition) is 2. The van der Waals surface area contributed by atoms with Gasteiger partial charge in [0.1, 0.15) is 11.3 Å². The van der Waals surface area contributed by atoms with E-state index in [9.17, 15) is 5.11 Å². The topological polar surface area (TPSA) is 61.8 Å².